The average molecular weight is 516 g/mol. The zero-order valence-corrected chi connectivity index (χ0v) is 21.0. The molecule has 4 aromatic rings. The van der Waals surface area contributed by atoms with E-state index in [1.54, 1.807) is 30.5 Å². The molecule has 0 bridgehead atoms. The first-order chi connectivity index (χ1) is 17.5. The first kappa shape index (κ1) is 24.2. The van der Waals surface area contributed by atoms with Crippen molar-refractivity contribution in [1.82, 2.24) is 14.6 Å². The first-order valence-corrected chi connectivity index (χ1v) is 14.1. The topological polar surface area (TPSA) is 79.4 Å². The Labute approximate surface area is 215 Å². The van der Waals surface area contributed by atoms with E-state index in [-0.39, 0.29) is 17.3 Å². The van der Waals surface area contributed by atoms with Crippen LogP contribution in [0.15, 0.2) is 114 Å². The largest absolute Gasteiger partial charge is 0.341 e. The van der Waals surface area contributed by atoms with Crippen molar-refractivity contribution in [2.24, 2.45) is 0 Å². The van der Waals surface area contributed by atoms with Crippen molar-refractivity contribution in [2.45, 2.75) is 16.3 Å². The number of rotatable bonds is 7. The van der Waals surface area contributed by atoms with Crippen molar-refractivity contribution in [3.05, 3.63) is 121 Å². The maximum Gasteiger partial charge on any atom is 0.249 e. The number of benzene rings is 3. The summed E-state index contributed by atoms with van der Waals surface area (Å²) in [6.45, 7) is 0.269. The van der Waals surface area contributed by atoms with Gasteiger partial charge in [0.1, 0.15) is 5.37 Å². The summed E-state index contributed by atoms with van der Waals surface area (Å²) in [5.74, 6) is 0.181. The number of thioether (sulfide) groups is 1. The number of pyridine rings is 1. The second kappa shape index (κ2) is 10.7. The molecule has 6 nitrogen and oxygen atoms in total. The highest BCUT2D eigenvalue weighted by atomic mass is 32.2. The lowest BCUT2D eigenvalue weighted by Crippen LogP contribution is -2.46. The molecule has 1 aliphatic rings. The Morgan fingerprint density at radius 1 is 0.861 bits per heavy atom. The molecule has 0 unspecified atom stereocenters. The molecular formula is C28H25N3O3S2. The maximum atomic E-state index is 13.5. The molecule has 3 aromatic carbocycles. The third-order valence-electron chi connectivity index (χ3n) is 6.04. The van der Waals surface area contributed by atoms with Crippen LogP contribution in [0.5, 0.6) is 0 Å². The SMILES string of the molecule is O=C(N[C@H](c1ccccc1)c1ccccn1)[C@@H]1SCCN1S(=O)(=O)c1ccc(-c2ccccc2)cc1. The van der Waals surface area contributed by atoms with E-state index in [1.165, 1.54) is 16.1 Å². The minimum atomic E-state index is -3.86. The van der Waals surface area contributed by atoms with Crippen LogP contribution in [0.4, 0.5) is 0 Å². The van der Waals surface area contributed by atoms with E-state index >= 15 is 0 Å². The highest BCUT2D eigenvalue weighted by Crippen LogP contribution is 2.32. The number of nitrogens with zero attached hydrogens (tertiary/aromatic N) is 2. The Bertz CT molecular complexity index is 1380. The number of nitrogens with one attached hydrogen (secondary N) is 1. The third kappa shape index (κ3) is 5.06. The van der Waals surface area contributed by atoms with Gasteiger partial charge in [-0.2, -0.15) is 4.31 Å². The van der Waals surface area contributed by atoms with Crippen LogP contribution in [0, 0.1) is 0 Å². The number of carbonyl (C=O) groups excluding carboxylic acids is 1. The molecule has 8 heteroatoms. The minimum Gasteiger partial charge on any atom is -0.341 e. The van der Waals surface area contributed by atoms with Crippen molar-refractivity contribution >= 4 is 27.7 Å². The van der Waals surface area contributed by atoms with Crippen molar-refractivity contribution in [3.63, 3.8) is 0 Å². The lowest BCUT2D eigenvalue weighted by atomic mass is 10.0. The molecule has 36 heavy (non-hydrogen) atoms. The normalized spacial score (nSPS) is 16.9. The van der Waals surface area contributed by atoms with Crippen LogP contribution in [-0.2, 0) is 14.8 Å². The second-order valence-electron chi connectivity index (χ2n) is 8.34. The predicted molar refractivity (Wildman–Crippen MR) is 143 cm³/mol. The Hall–Kier alpha value is -3.46. The zero-order valence-electron chi connectivity index (χ0n) is 19.4. The van der Waals surface area contributed by atoms with Crippen molar-refractivity contribution < 1.29 is 13.2 Å². The van der Waals surface area contributed by atoms with Gasteiger partial charge in [0, 0.05) is 18.5 Å². The summed E-state index contributed by atoms with van der Waals surface area (Å²) in [5, 5.41) is 2.19. The molecule has 1 amide bonds. The van der Waals surface area contributed by atoms with Crippen LogP contribution in [0.2, 0.25) is 0 Å². The Morgan fingerprint density at radius 2 is 1.50 bits per heavy atom. The summed E-state index contributed by atoms with van der Waals surface area (Å²) in [6, 6.07) is 31.2. The highest BCUT2D eigenvalue weighted by molar-refractivity contribution is 8.02. The molecule has 1 aromatic heterocycles. The van der Waals surface area contributed by atoms with Gasteiger partial charge in [0.25, 0.3) is 0 Å². The number of sulfonamides is 1. The van der Waals surface area contributed by atoms with Crippen LogP contribution in [0.3, 0.4) is 0 Å². The van der Waals surface area contributed by atoms with E-state index in [0.717, 1.165) is 16.7 Å². The maximum absolute atomic E-state index is 13.5. The van der Waals surface area contributed by atoms with Gasteiger partial charge in [0.05, 0.1) is 16.6 Å². The van der Waals surface area contributed by atoms with Crippen LogP contribution in [-0.4, -0.2) is 41.3 Å². The van der Waals surface area contributed by atoms with Gasteiger partial charge in [-0.25, -0.2) is 8.42 Å². The van der Waals surface area contributed by atoms with Gasteiger partial charge in [-0.1, -0.05) is 78.9 Å². The van der Waals surface area contributed by atoms with E-state index < -0.39 is 21.4 Å². The first-order valence-electron chi connectivity index (χ1n) is 11.6. The standard InChI is InChI=1S/C28H25N3O3S2/c32-27(30-26(23-11-5-2-6-12-23)25-13-7-8-18-29-25)28-31(19-20-35-28)36(33,34)24-16-14-22(15-17-24)21-9-3-1-4-10-21/h1-18,26,28H,19-20H2,(H,30,32)/t26-,28+/m1/s1. The molecule has 2 atom stereocenters. The third-order valence-corrected chi connectivity index (χ3v) is 9.26. The Morgan fingerprint density at radius 3 is 2.17 bits per heavy atom. The van der Waals surface area contributed by atoms with E-state index in [9.17, 15) is 13.2 Å². The summed E-state index contributed by atoms with van der Waals surface area (Å²) in [6.07, 6.45) is 1.68. The summed E-state index contributed by atoms with van der Waals surface area (Å²) in [5.41, 5.74) is 3.50. The minimum absolute atomic E-state index is 0.173. The Balaban J connectivity index is 1.38. The Kier molecular flexibility index (Phi) is 7.18. The molecule has 0 spiro atoms. The molecule has 5 rings (SSSR count). The van der Waals surface area contributed by atoms with E-state index in [4.69, 9.17) is 0 Å². The number of carbonyl (C=O) groups is 1. The van der Waals surface area contributed by atoms with Gasteiger partial charge in [0.15, 0.2) is 0 Å². The van der Waals surface area contributed by atoms with Gasteiger partial charge < -0.3 is 5.32 Å². The fourth-order valence-electron chi connectivity index (χ4n) is 4.23. The van der Waals surface area contributed by atoms with E-state index in [0.29, 0.717) is 11.4 Å². The molecule has 0 saturated carbocycles. The second-order valence-corrected chi connectivity index (χ2v) is 11.4. The van der Waals surface area contributed by atoms with Crippen molar-refractivity contribution in [1.29, 1.82) is 0 Å². The number of hydrogen-bond acceptors (Lipinski definition) is 5. The van der Waals surface area contributed by atoms with Crippen LogP contribution in [0.1, 0.15) is 17.3 Å². The van der Waals surface area contributed by atoms with Gasteiger partial charge >= 0.3 is 0 Å². The predicted octanol–water partition coefficient (Wildman–Crippen LogP) is 4.72. The average Bonchev–Trinajstić information content (AvgIpc) is 3.45. The smallest absolute Gasteiger partial charge is 0.249 e. The fourth-order valence-corrected chi connectivity index (χ4v) is 7.31. The molecule has 1 aliphatic heterocycles. The molecule has 0 radical (unpaired) electrons. The zero-order chi connectivity index (χ0) is 25.0. The lowest BCUT2D eigenvalue weighted by Gasteiger charge is -2.25. The van der Waals surface area contributed by atoms with Gasteiger partial charge in [0.2, 0.25) is 15.9 Å². The molecule has 182 valence electrons. The quantitative estimate of drug-likeness (QED) is 0.385. The van der Waals surface area contributed by atoms with Gasteiger partial charge in [-0.15, -0.1) is 11.8 Å². The molecule has 1 N–H and O–H groups in total. The molecule has 2 heterocycles. The molecule has 1 saturated heterocycles. The number of aromatic nitrogens is 1. The van der Waals surface area contributed by atoms with Crippen molar-refractivity contribution in [2.75, 3.05) is 12.3 Å². The van der Waals surface area contributed by atoms with Crippen LogP contribution >= 0.6 is 11.8 Å². The summed E-state index contributed by atoms with van der Waals surface area (Å²) >= 11 is 1.33. The lowest BCUT2D eigenvalue weighted by molar-refractivity contribution is -0.122. The summed E-state index contributed by atoms with van der Waals surface area (Å²) < 4.78 is 28.4. The summed E-state index contributed by atoms with van der Waals surface area (Å²) in [4.78, 5) is 18.1. The van der Waals surface area contributed by atoms with Gasteiger partial charge in [-0.3, -0.25) is 9.78 Å². The fraction of sp³-hybridized carbons (Fsp3) is 0.143. The monoisotopic (exact) mass is 515 g/mol. The van der Waals surface area contributed by atoms with E-state index in [1.807, 2.05) is 78.9 Å². The van der Waals surface area contributed by atoms with Gasteiger partial charge in [-0.05, 0) is 41.0 Å². The van der Waals surface area contributed by atoms with Crippen LogP contribution in [0.25, 0.3) is 11.1 Å². The highest BCUT2D eigenvalue weighted by Gasteiger charge is 2.41. The molecule has 1 fully saturated rings. The molecule has 0 aliphatic carbocycles. The van der Waals surface area contributed by atoms with E-state index in [2.05, 4.69) is 10.3 Å². The van der Waals surface area contributed by atoms with Crippen molar-refractivity contribution in [3.8, 4) is 11.1 Å². The number of hydrogen-bond donors (Lipinski definition) is 1. The number of amides is 1. The molecular weight excluding hydrogens is 490 g/mol. The van der Waals surface area contributed by atoms with Crippen LogP contribution < -0.4 is 5.32 Å². The summed E-state index contributed by atoms with van der Waals surface area (Å²) in [7, 11) is -3.86.